The maximum absolute atomic E-state index is 5.44. The number of hydrogen-bond acceptors (Lipinski definition) is 6. The second kappa shape index (κ2) is 6.18. The lowest BCUT2D eigenvalue weighted by Crippen LogP contribution is -2.44. The van der Waals surface area contributed by atoms with Crippen LogP contribution in [0.5, 0.6) is 0 Å². The van der Waals surface area contributed by atoms with Gasteiger partial charge in [-0.15, -0.1) is 0 Å². The quantitative estimate of drug-likeness (QED) is 0.908. The summed E-state index contributed by atoms with van der Waals surface area (Å²) >= 11 is 0. The molecule has 7 nitrogen and oxygen atoms in total. The van der Waals surface area contributed by atoms with Gasteiger partial charge in [0.1, 0.15) is 11.8 Å². The van der Waals surface area contributed by atoms with E-state index >= 15 is 0 Å². The fourth-order valence-electron chi connectivity index (χ4n) is 3.55. The lowest BCUT2D eigenvalue weighted by Gasteiger charge is -2.37. The summed E-state index contributed by atoms with van der Waals surface area (Å²) in [5, 5.41) is 0. The smallest absolute Gasteiger partial charge is 0.182 e. The Morgan fingerprint density at radius 3 is 3.00 bits per heavy atom. The van der Waals surface area contributed by atoms with Gasteiger partial charge >= 0.3 is 0 Å². The summed E-state index contributed by atoms with van der Waals surface area (Å²) in [4.78, 5) is 21.0. The van der Waals surface area contributed by atoms with Crippen molar-refractivity contribution in [2.45, 2.75) is 12.8 Å². The normalized spacial score (nSPS) is 24.0. The number of rotatable bonds is 3. The van der Waals surface area contributed by atoms with Crippen LogP contribution in [0, 0.1) is 5.92 Å². The van der Waals surface area contributed by atoms with E-state index in [0.29, 0.717) is 5.92 Å². The van der Waals surface area contributed by atoms with Crippen molar-refractivity contribution in [2.75, 3.05) is 50.8 Å². The Kier molecular flexibility index (Phi) is 3.90. The van der Waals surface area contributed by atoms with Crippen molar-refractivity contribution in [1.29, 1.82) is 0 Å². The fraction of sp³-hybridized carbons (Fsp3) is 0.667. The van der Waals surface area contributed by atoms with E-state index in [1.165, 1.54) is 12.8 Å². The Morgan fingerprint density at radius 1 is 1.18 bits per heavy atom. The lowest BCUT2D eigenvalue weighted by molar-refractivity contribution is 0.0296. The summed E-state index contributed by atoms with van der Waals surface area (Å²) in [6.07, 6.45) is 5.82. The van der Waals surface area contributed by atoms with Gasteiger partial charge < -0.3 is 14.6 Å². The largest absolute Gasteiger partial charge is 0.379 e. The molecular formula is C15H22N6O. The standard InChI is InChI=1S/C15H22N6O/c1-2-12(8-20-4-6-22-7-5-20)9-21(3-1)15-13-14(17-10-16-13)18-11-19-15/h10-12H,1-9H2,(H,16,17,18,19). The van der Waals surface area contributed by atoms with Crippen molar-refractivity contribution in [2.24, 2.45) is 5.92 Å². The van der Waals surface area contributed by atoms with Crippen molar-refractivity contribution in [1.82, 2.24) is 24.8 Å². The van der Waals surface area contributed by atoms with Crippen molar-refractivity contribution < 1.29 is 4.74 Å². The van der Waals surface area contributed by atoms with Crippen LogP contribution in [-0.2, 0) is 4.74 Å². The number of aromatic amines is 1. The van der Waals surface area contributed by atoms with E-state index in [1.807, 2.05) is 0 Å². The van der Waals surface area contributed by atoms with E-state index in [9.17, 15) is 0 Å². The summed E-state index contributed by atoms with van der Waals surface area (Å²) in [5.74, 6) is 1.69. The zero-order valence-corrected chi connectivity index (χ0v) is 12.7. The van der Waals surface area contributed by atoms with Gasteiger partial charge in [0.05, 0.1) is 19.5 Å². The van der Waals surface area contributed by atoms with Gasteiger partial charge in [0.25, 0.3) is 0 Å². The average molecular weight is 302 g/mol. The summed E-state index contributed by atoms with van der Waals surface area (Å²) in [7, 11) is 0. The van der Waals surface area contributed by atoms with E-state index in [1.54, 1.807) is 12.7 Å². The molecule has 0 aliphatic carbocycles. The van der Waals surface area contributed by atoms with Crippen LogP contribution in [-0.4, -0.2) is 70.8 Å². The molecule has 1 unspecified atom stereocenters. The summed E-state index contributed by atoms with van der Waals surface area (Å²) in [6.45, 7) is 7.15. The Bertz CT molecular complexity index is 623. The first-order valence-corrected chi connectivity index (χ1v) is 8.09. The zero-order valence-electron chi connectivity index (χ0n) is 12.7. The maximum Gasteiger partial charge on any atom is 0.182 e. The van der Waals surface area contributed by atoms with Crippen LogP contribution in [0.3, 0.4) is 0 Å². The predicted octanol–water partition coefficient (Wildman–Crippen LogP) is 0.901. The van der Waals surface area contributed by atoms with Crippen LogP contribution >= 0.6 is 0 Å². The molecular weight excluding hydrogens is 280 g/mol. The number of ether oxygens (including phenoxy) is 1. The van der Waals surface area contributed by atoms with E-state index in [0.717, 1.165) is 62.9 Å². The highest BCUT2D eigenvalue weighted by atomic mass is 16.5. The molecule has 0 amide bonds. The van der Waals surface area contributed by atoms with Gasteiger partial charge in [-0.3, -0.25) is 4.90 Å². The molecule has 4 rings (SSSR count). The number of fused-ring (bicyclic) bond motifs is 1. The molecule has 118 valence electrons. The molecule has 0 radical (unpaired) electrons. The molecule has 2 fully saturated rings. The topological polar surface area (TPSA) is 70.2 Å². The van der Waals surface area contributed by atoms with Gasteiger partial charge in [0.15, 0.2) is 11.5 Å². The summed E-state index contributed by atoms with van der Waals surface area (Å²) in [6, 6.07) is 0. The minimum absolute atomic E-state index is 0.694. The Labute approximate surface area is 129 Å². The van der Waals surface area contributed by atoms with Crippen LogP contribution in [0.15, 0.2) is 12.7 Å². The van der Waals surface area contributed by atoms with Gasteiger partial charge in [-0.1, -0.05) is 0 Å². The van der Waals surface area contributed by atoms with Gasteiger partial charge in [-0.2, -0.15) is 0 Å². The van der Waals surface area contributed by atoms with Crippen molar-refractivity contribution in [3.63, 3.8) is 0 Å². The van der Waals surface area contributed by atoms with E-state index in [4.69, 9.17) is 4.74 Å². The number of hydrogen-bond donors (Lipinski definition) is 1. The molecule has 4 heterocycles. The van der Waals surface area contributed by atoms with Crippen molar-refractivity contribution in [3.05, 3.63) is 12.7 Å². The van der Waals surface area contributed by atoms with E-state index in [2.05, 4.69) is 29.7 Å². The second-order valence-electron chi connectivity index (χ2n) is 6.17. The molecule has 2 aromatic rings. The molecule has 2 saturated heterocycles. The number of nitrogens with zero attached hydrogens (tertiary/aromatic N) is 5. The highest BCUT2D eigenvalue weighted by molar-refractivity contribution is 5.82. The fourth-order valence-corrected chi connectivity index (χ4v) is 3.55. The summed E-state index contributed by atoms with van der Waals surface area (Å²) in [5.41, 5.74) is 1.70. The zero-order chi connectivity index (χ0) is 14.8. The third-order valence-corrected chi connectivity index (χ3v) is 4.64. The Morgan fingerprint density at radius 2 is 2.09 bits per heavy atom. The number of morpholine rings is 1. The third-order valence-electron chi connectivity index (χ3n) is 4.64. The molecule has 2 aliphatic rings. The lowest BCUT2D eigenvalue weighted by atomic mass is 9.97. The van der Waals surface area contributed by atoms with E-state index < -0.39 is 0 Å². The van der Waals surface area contributed by atoms with Crippen LogP contribution in [0.1, 0.15) is 12.8 Å². The van der Waals surface area contributed by atoms with Crippen LogP contribution in [0.2, 0.25) is 0 Å². The third kappa shape index (κ3) is 2.78. The van der Waals surface area contributed by atoms with Crippen LogP contribution in [0.25, 0.3) is 11.2 Å². The molecule has 1 atom stereocenters. The average Bonchev–Trinajstić information content (AvgIpc) is 3.04. The van der Waals surface area contributed by atoms with Gasteiger partial charge in [-0.05, 0) is 18.8 Å². The highest BCUT2D eigenvalue weighted by Crippen LogP contribution is 2.26. The molecule has 0 saturated carbocycles. The first-order chi connectivity index (χ1) is 10.9. The molecule has 1 N–H and O–H groups in total. The minimum atomic E-state index is 0.694. The SMILES string of the molecule is c1nc(N2CCCC(CN3CCOCC3)C2)c2[nH]cnc2n1. The maximum atomic E-state index is 5.44. The molecule has 0 bridgehead atoms. The Balaban J connectivity index is 1.47. The molecule has 7 heteroatoms. The minimum Gasteiger partial charge on any atom is -0.379 e. The molecule has 22 heavy (non-hydrogen) atoms. The van der Waals surface area contributed by atoms with Gasteiger partial charge in [0.2, 0.25) is 0 Å². The monoisotopic (exact) mass is 302 g/mol. The highest BCUT2D eigenvalue weighted by Gasteiger charge is 2.25. The van der Waals surface area contributed by atoms with Gasteiger partial charge in [0, 0.05) is 32.7 Å². The number of anilines is 1. The summed E-state index contributed by atoms with van der Waals surface area (Å²) < 4.78 is 5.44. The molecule has 0 spiro atoms. The number of H-pyrrole nitrogens is 1. The second-order valence-corrected chi connectivity index (χ2v) is 6.17. The number of imidazole rings is 1. The number of nitrogens with one attached hydrogen (secondary N) is 1. The molecule has 2 aliphatic heterocycles. The van der Waals surface area contributed by atoms with Crippen LogP contribution < -0.4 is 4.90 Å². The molecule has 0 aromatic carbocycles. The van der Waals surface area contributed by atoms with Crippen LogP contribution in [0.4, 0.5) is 5.82 Å². The van der Waals surface area contributed by atoms with Crippen molar-refractivity contribution >= 4 is 17.0 Å². The number of aromatic nitrogens is 4. The number of piperidine rings is 1. The predicted molar refractivity (Wildman–Crippen MR) is 83.9 cm³/mol. The van der Waals surface area contributed by atoms with Crippen molar-refractivity contribution in [3.8, 4) is 0 Å². The Hall–Kier alpha value is -1.73. The first-order valence-electron chi connectivity index (χ1n) is 8.09. The molecule has 2 aromatic heterocycles. The first kappa shape index (κ1) is 13.9. The van der Waals surface area contributed by atoms with Gasteiger partial charge in [-0.25, -0.2) is 15.0 Å². The van der Waals surface area contributed by atoms with E-state index in [-0.39, 0.29) is 0 Å².